The minimum absolute atomic E-state index is 0.362. The van der Waals surface area contributed by atoms with Crippen molar-refractivity contribution in [1.29, 1.82) is 0 Å². The molecule has 3 aromatic heterocycles. The lowest BCUT2D eigenvalue weighted by molar-refractivity contribution is 0.354. The Labute approximate surface area is 115 Å². The van der Waals surface area contributed by atoms with Crippen LogP contribution in [0.5, 0.6) is 0 Å². The normalized spacial score (nSPS) is 12.5. The topological polar surface area (TPSA) is 107 Å². The van der Waals surface area contributed by atoms with Crippen molar-refractivity contribution in [2.45, 2.75) is 19.4 Å². The Bertz CT molecular complexity index is 690. The highest BCUT2D eigenvalue weighted by Gasteiger charge is 2.17. The van der Waals surface area contributed by atoms with E-state index in [9.17, 15) is 0 Å². The van der Waals surface area contributed by atoms with E-state index in [-0.39, 0.29) is 6.04 Å². The monoisotopic (exact) mass is 270 g/mol. The van der Waals surface area contributed by atoms with Gasteiger partial charge in [0.05, 0.1) is 12.4 Å². The fourth-order valence-corrected chi connectivity index (χ4v) is 1.94. The van der Waals surface area contributed by atoms with Crippen molar-refractivity contribution in [3.63, 3.8) is 0 Å². The standard InChI is InChI=1S/C13H14N6O/c1-8-5-15-3-2-10(8)12-18-13(20-19-12)11(14)4-9-6-16-7-17-9/h2-3,5-7,11H,4,14H2,1H3,(H,16,17)/t11-/m1/s1. The highest BCUT2D eigenvalue weighted by Crippen LogP contribution is 2.21. The van der Waals surface area contributed by atoms with Crippen molar-refractivity contribution in [2.24, 2.45) is 5.73 Å². The maximum absolute atomic E-state index is 6.06. The molecule has 0 aromatic carbocycles. The number of nitrogens with two attached hydrogens (primary N) is 1. The molecule has 0 bridgehead atoms. The Hall–Kier alpha value is -2.54. The molecule has 0 saturated carbocycles. The van der Waals surface area contributed by atoms with Crippen molar-refractivity contribution in [3.05, 3.63) is 48.1 Å². The average molecular weight is 270 g/mol. The fraction of sp³-hybridized carbons (Fsp3) is 0.231. The molecule has 0 aliphatic carbocycles. The van der Waals surface area contributed by atoms with E-state index in [1.165, 1.54) is 0 Å². The molecule has 0 amide bonds. The maximum Gasteiger partial charge on any atom is 0.244 e. The van der Waals surface area contributed by atoms with E-state index in [0.29, 0.717) is 18.1 Å². The van der Waals surface area contributed by atoms with Gasteiger partial charge < -0.3 is 15.2 Å². The first-order chi connectivity index (χ1) is 9.74. The summed E-state index contributed by atoms with van der Waals surface area (Å²) in [4.78, 5) is 15.3. The van der Waals surface area contributed by atoms with E-state index in [4.69, 9.17) is 10.3 Å². The van der Waals surface area contributed by atoms with Crippen LogP contribution >= 0.6 is 0 Å². The van der Waals surface area contributed by atoms with Crippen LogP contribution in [0.15, 0.2) is 35.5 Å². The van der Waals surface area contributed by atoms with Gasteiger partial charge in [0.2, 0.25) is 11.7 Å². The first-order valence-electron chi connectivity index (χ1n) is 6.21. The number of H-pyrrole nitrogens is 1. The fourth-order valence-electron chi connectivity index (χ4n) is 1.94. The van der Waals surface area contributed by atoms with Crippen molar-refractivity contribution >= 4 is 0 Å². The van der Waals surface area contributed by atoms with E-state index in [1.54, 1.807) is 24.9 Å². The predicted octanol–water partition coefficient (Wildman–Crippen LogP) is 1.41. The lowest BCUT2D eigenvalue weighted by Gasteiger charge is -2.03. The summed E-state index contributed by atoms with van der Waals surface area (Å²) in [6.07, 6.45) is 7.36. The number of rotatable bonds is 4. The van der Waals surface area contributed by atoms with Crippen LogP contribution in [0.4, 0.5) is 0 Å². The van der Waals surface area contributed by atoms with Gasteiger partial charge in [0.1, 0.15) is 0 Å². The zero-order valence-electron chi connectivity index (χ0n) is 10.9. The number of nitrogens with zero attached hydrogens (tertiary/aromatic N) is 4. The van der Waals surface area contributed by atoms with Gasteiger partial charge in [-0.1, -0.05) is 5.16 Å². The number of nitrogens with one attached hydrogen (secondary N) is 1. The Morgan fingerprint density at radius 2 is 2.25 bits per heavy atom. The highest BCUT2D eigenvalue weighted by molar-refractivity contribution is 5.57. The SMILES string of the molecule is Cc1cnccc1-c1noc([C@H](N)Cc2cnc[nH]2)n1. The quantitative estimate of drug-likeness (QED) is 0.742. The van der Waals surface area contributed by atoms with Crippen molar-refractivity contribution < 1.29 is 4.52 Å². The molecule has 7 nitrogen and oxygen atoms in total. The van der Waals surface area contributed by atoms with E-state index < -0.39 is 0 Å². The van der Waals surface area contributed by atoms with Gasteiger partial charge in [-0.05, 0) is 18.6 Å². The molecule has 20 heavy (non-hydrogen) atoms. The molecular weight excluding hydrogens is 256 g/mol. The molecule has 1 atom stereocenters. The van der Waals surface area contributed by atoms with Crippen LogP contribution in [-0.4, -0.2) is 25.1 Å². The second-order valence-corrected chi connectivity index (χ2v) is 4.53. The summed E-state index contributed by atoms with van der Waals surface area (Å²) in [5, 5.41) is 3.98. The summed E-state index contributed by atoms with van der Waals surface area (Å²) in [7, 11) is 0. The van der Waals surface area contributed by atoms with Crippen molar-refractivity contribution in [1.82, 2.24) is 25.1 Å². The summed E-state index contributed by atoms with van der Waals surface area (Å²) in [6, 6.07) is 1.49. The van der Waals surface area contributed by atoms with Gasteiger partial charge in [-0.15, -0.1) is 0 Å². The lowest BCUT2D eigenvalue weighted by atomic mass is 10.1. The van der Waals surface area contributed by atoms with E-state index in [2.05, 4.69) is 25.1 Å². The molecule has 0 aliphatic heterocycles. The summed E-state index contributed by atoms with van der Waals surface area (Å²) in [5.41, 5.74) is 8.87. The van der Waals surface area contributed by atoms with Gasteiger partial charge in [-0.25, -0.2) is 4.98 Å². The Balaban J connectivity index is 1.81. The summed E-state index contributed by atoms with van der Waals surface area (Å²) < 4.78 is 5.24. The van der Waals surface area contributed by atoms with Crippen LogP contribution in [0.2, 0.25) is 0 Å². The van der Waals surface area contributed by atoms with Crippen LogP contribution in [0.1, 0.15) is 23.2 Å². The summed E-state index contributed by atoms with van der Waals surface area (Å²) in [5.74, 6) is 0.936. The molecule has 0 aliphatic rings. The molecule has 3 N–H and O–H groups in total. The lowest BCUT2D eigenvalue weighted by Crippen LogP contribution is -2.14. The first-order valence-corrected chi connectivity index (χ1v) is 6.21. The van der Waals surface area contributed by atoms with Crippen LogP contribution in [0, 0.1) is 6.92 Å². The van der Waals surface area contributed by atoms with Crippen LogP contribution in [0.3, 0.4) is 0 Å². The van der Waals surface area contributed by atoms with Gasteiger partial charge in [-0.3, -0.25) is 4.98 Å². The Kier molecular flexibility index (Phi) is 3.26. The maximum atomic E-state index is 6.06. The predicted molar refractivity (Wildman–Crippen MR) is 71.5 cm³/mol. The molecular formula is C13H14N6O. The number of pyridine rings is 1. The molecule has 7 heteroatoms. The molecule has 0 saturated heterocycles. The number of imidazole rings is 1. The minimum Gasteiger partial charge on any atom is -0.348 e. The van der Waals surface area contributed by atoms with Crippen LogP contribution in [0.25, 0.3) is 11.4 Å². The van der Waals surface area contributed by atoms with E-state index in [1.807, 2.05) is 13.0 Å². The number of aromatic nitrogens is 5. The molecule has 0 fully saturated rings. The summed E-state index contributed by atoms with van der Waals surface area (Å²) in [6.45, 7) is 1.95. The molecule has 0 unspecified atom stereocenters. The largest absolute Gasteiger partial charge is 0.348 e. The van der Waals surface area contributed by atoms with Gasteiger partial charge in [0.25, 0.3) is 0 Å². The number of hydrogen-bond donors (Lipinski definition) is 2. The van der Waals surface area contributed by atoms with Gasteiger partial charge in [0, 0.05) is 36.3 Å². The minimum atomic E-state index is -0.362. The third-order valence-corrected chi connectivity index (χ3v) is 3.01. The van der Waals surface area contributed by atoms with E-state index in [0.717, 1.165) is 16.8 Å². The smallest absolute Gasteiger partial charge is 0.244 e. The van der Waals surface area contributed by atoms with Crippen LogP contribution in [-0.2, 0) is 6.42 Å². The van der Waals surface area contributed by atoms with Crippen molar-refractivity contribution in [3.8, 4) is 11.4 Å². The van der Waals surface area contributed by atoms with Gasteiger partial charge in [-0.2, -0.15) is 4.98 Å². The molecule has 3 rings (SSSR count). The third-order valence-electron chi connectivity index (χ3n) is 3.01. The summed E-state index contributed by atoms with van der Waals surface area (Å²) >= 11 is 0. The highest BCUT2D eigenvalue weighted by atomic mass is 16.5. The number of aromatic amines is 1. The van der Waals surface area contributed by atoms with E-state index >= 15 is 0 Å². The van der Waals surface area contributed by atoms with Crippen LogP contribution < -0.4 is 5.73 Å². The molecule has 3 heterocycles. The second-order valence-electron chi connectivity index (χ2n) is 4.53. The third kappa shape index (κ3) is 2.43. The average Bonchev–Trinajstić information content (AvgIpc) is 3.10. The van der Waals surface area contributed by atoms with Crippen molar-refractivity contribution in [2.75, 3.05) is 0 Å². The second kappa shape index (κ2) is 5.22. The number of hydrogen-bond acceptors (Lipinski definition) is 6. The van der Waals surface area contributed by atoms with Gasteiger partial charge in [0.15, 0.2) is 0 Å². The Morgan fingerprint density at radius 3 is 3.00 bits per heavy atom. The molecule has 102 valence electrons. The zero-order chi connectivity index (χ0) is 13.9. The zero-order valence-corrected chi connectivity index (χ0v) is 10.9. The first kappa shape index (κ1) is 12.5. The molecule has 3 aromatic rings. The molecule has 0 radical (unpaired) electrons. The molecule has 0 spiro atoms. The number of aryl methyl sites for hydroxylation is 1. The Morgan fingerprint density at radius 1 is 1.35 bits per heavy atom. The van der Waals surface area contributed by atoms with Gasteiger partial charge >= 0.3 is 0 Å².